The molecule has 102 valence electrons. The van der Waals surface area contributed by atoms with Crippen molar-refractivity contribution in [3.63, 3.8) is 0 Å². The number of hydrogen-bond donors (Lipinski definition) is 1. The normalized spacial score (nSPS) is 18.2. The molecule has 1 fully saturated rings. The zero-order chi connectivity index (χ0) is 13.5. The van der Waals surface area contributed by atoms with E-state index < -0.39 is 0 Å². The molecule has 0 unspecified atom stereocenters. The van der Waals surface area contributed by atoms with E-state index in [1.807, 2.05) is 16.4 Å². The highest BCUT2D eigenvalue weighted by molar-refractivity contribution is 5.45. The first-order valence-electron chi connectivity index (χ1n) is 6.91. The van der Waals surface area contributed by atoms with Crippen LogP contribution in [0.5, 0.6) is 0 Å². The quantitative estimate of drug-likeness (QED) is 0.834. The minimum atomic E-state index is -0.0993. The Balaban J connectivity index is 2.52. The first-order valence-corrected chi connectivity index (χ1v) is 6.91. The molecule has 0 bridgehead atoms. The first kappa shape index (κ1) is 13.2. The second kappa shape index (κ2) is 4.48. The molecule has 4 heteroatoms. The molecule has 4 nitrogen and oxygen atoms in total. The molecular formula is C14H25N3O. The topological polar surface area (TPSA) is 52.9 Å². The molecule has 1 heterocycles. The average Bonchev–Trinajstić information content (AvgIpc) is 2.50. The summed E-state index contributed by atoms with van der Waals surface area (Å²) in [6.07, 6.45) is 5.92. The summed E-state index contributed by atoms with van der Waals surface area (Å²) in [5.41, 5.74) is 7.32. The Hall–Kier alpha value is -1.19. The van der Waals surface area contributed by atoms with Crippen LogP contribution < -0.4 is 11.3 Å². The summed E-state index contributed by atoms with van der Waals surface area (Å²) in [6.45, 7) is 6.30. The smallest absolute Gasteiger partial charge is 0.290 e. The summed E-state index contributed by atoms with van der Waals surface area (Å²) in [7, 11) is 1.97. The van der Waals surface area contributed by atoms with Crippen LogP contribution in [0.15, 0.2) is 4.79 Å². The average molecular weight is 251 g/mol. The van der Waals surface area contributed by atoms with Crippen molar-refractivity contribution in [2.75, 3.05) is 5.73 Å². The van der Waals surface area contributed by atoms with Crippen LogP contribution in [-0.2, 0) is 12.5 Å². The number of nitrogens with two attached hydrogens (primary N) is 1. The fraction of sp³-hybridized carbons (Fsp3) is 0.786. The van der Waals surface area contributed by atoms with Crippen molar-refractivity contribution in [3.05, 3.63) is 16.0 Å². The van der Waals surface area contributed by atoms with E-state index in [1.54, 1.807) is 0 Å². The molecule has 2 N–H and O–H groups in total. The number of hydrogen-bond acceptors (Lipinski definition) is 2. The minimum absolute atomic E-state index is 0.00525. The lowest BCUT2D eigenvalue weighted by molar-refractivity contribution is 0.287. The Morgan fingerprint density at radius 1 is 1.17 bits per heavy atom. The van der Waals surface area contributed by atoms with Crippen molar-refractivity contribution >= 4 is 5.69 Å². The highest BCUT2D eigenvalue weighted by atomic mass is 16.1. The summed E-state index contributed by atoms with van der Waals surface area (Å²) in [6, 6.07) is 0.328. The van der Waals surface area contributed by atoms with Crippen LogP contribution in [0.25, 0.3) is 0 Å². The molecule has 0 aromatic carbocycles. The lowest BCUT2D eigenvalue weighted by Gasteiger charge is -2.26. The van der Waals surface area contributed by atoms with Crippen molar-refractivity contribution < 1.29 is 0 Å². The molecule has 1 aliphatic carbocycles. The Morgan fingerprint density at radius 2 is 1.72 bits per heavy atom. The van der Waals surface area contributed by atoms with Crippen LogP contribution in [0.2, 0.25) is 0 Å². The first-order chi connectivity index (χ1) is 8.34. The minimum Gasteiger partial charge on any atom is -0.393 e. The number of anilines is 1. The van der Waals surface area contributed by atoms with Crippen molar-refractivity contribution in [1.29, 1.82) is 0 Å². The van der Waals surface area contributed by atoms with Crippen LogP contribution in [0.4, 0.5) is 5.69 Å². The Kier molecular flexibility index (Phi) is 3.30. The van der Waals surface area contributed by atoms with Crippen LogP contribution in [0.1, 0.15) is 64.6 Å². The van der Waals surface area contributed by atoms with Crippen molar-refractivity contribution in [2.45, 2.75) is 64.3 Å². The number of nitrogen functional groups attached to an aromatic ring is 1. The number of nitrogens with zero attached hydrogens (tertiary/aromatic N) is 2. The SMILES string of the molecule is Cn1c(C(C)(C)C)c(N)c(=O)n1C1CCCCC1. The highest BCUT2D eigenvalue weighted by Gasteiger charge is 2.29. The molecule has 1 saturated carbocycles. The third kappa shape index (κ3) is 2.08. The molecule has 1 aromatic rings. The predicted molar refractivity (Wildman–Crippen MR) is 74.9 cm³/mol. The summed E-state index contributed by atoms with van der Waals surface area (Å²) in [5, 5.41) is 0. The fourth-order valence-corrected chi connectivity index (χ4v) is 3.27. The van der Waals surface area contributed by atoms with Gasteiger partial charge in [-0.2, -0.15) is 0 Å². The van der Waals surface area contributed by atoms with E-state index in [0.717, 1.165) is 18.5 Å². The molecule has 18 heavy (non-hydrogen) atoms. The van der Waals surface area contributed by atoms with E-state index in [9.17, 15) is 4.79 Å². The Bertz CT molecular complexity index is 484. The van der Waals surface area contributed by atoms with Gasteiger partial charge in [0, 0.05) is 12.5 Å². The van der Waals surface area contributed by atoms with Gasteiger partial charge in [0.2, 0.25) is 0 Å². The lowest BCUT2D eigenvalue weighted by Crippen LogP contribution is -2.29. The molecule has 0 aliphatic heterocycles. The van der Waals surface area contributed by atoms with Gasteiger partial charge in [-0.3, -0.25) is 9.48 Å². The van der Waals surface area contributed by atoms with Crippen molar-refractivity contribution in [2.24, 2.45) is 7.05 Å². The second-order valence-corrected chi connectivity index (χ2v) is 6.48. The van der Waals surface area contributed by atoms with Gasteiger partial charge in [-0.05, 0) is 12.8 Å². The van der Waals surface area contributed by atoms with Gasteiger partial charge in [0.1, 0.15) is 5.69 Å². The van der Waals surface area contributed by atoms with Crippen molar-refractivity contribution in [3.8, 4) is 0 Å². The van der Waals surface area contributed by atoms with E-state index in [-0.39, 0.29) is 11.0 Å². The summed E-state index contributed by atoms with van der Waals surface area (Å²) in [4.78, 5) is 12.4. The Labute approximate surface area is 109 Å². The van der Waals surface area contributed by atoms with Gasteiger partial charge in [0.25, 0.3) is 5.56 Å². The third-order valence-electron chi connectivity index (χ3n) is 3.97. The van der Waals surface area contributed by atoms with Crippen LogP contribution >= 0.6 is 0 Å². The number of aromatic nitrogens is 2. The maximum atomic E-state index is 12.4. The van der Waals surface area contributed by atoms with E-state index in [0.29, 0.717) is 11.7 Å². The zero-order valence-corrected chi connectivity index (χ0v) is 12.0. The standard InChI is InChI=1S/C14H25N3O/c1-14(2,3)12-11(15)13(18)17(16(12)4)10-8-6-5-7-9-10/h10H,5-9,15H2,1-4H3. The molecule has 0 atom stereocenters. The van der Waals surface area contributed by atoms with Gasteiger partial charge in [-0.1, -0.05) is 40.0 Å². The van der Waals surface area contributed by atoms with Gasteiger partial charge < -0.3 is 5.73 Å². The predicted octanol–water partition coefficient (Wildman–Crippen LogP) is 2.57. The third-order valence-corrected chi connectivity index (χ3v) is 3.97. The molecule has 1 aromatic heterocycles. The molecular weight excluding hydrogens is 226 g/mol. The summed E-state index contributed by atoms with van der Waals surface area (Å²) in [5.74, 6) is 0. The summed E-state index contributed by atoms with van der Waals surface area (Å²) < 4.78 is 3.88. The zero-order valence-electron chi connectivity index (χ0n) is 12.0. The maximum Gasteiger partial charge on any atom is 0.290 e. The highest BCUT2D eigenvalue weighted by Crippen LogP contribution is 2.31. The molecule has 1 aliphatic rings. The van der Waals surface area contributed by atoms with Crippen molar-refractivity contribution in [1.82, 2.24) is 9.36 Å². The fourth-order valence-electron chi connectivity index (χ4n) is 3.27. The molecule has 0 radical (unpaired) electrons. The van der Waals surface area contributed by atoms with Gasteiger partial charge in [0.05, 0.1) is 11.7 Å². The van der Waals surface area contributed by atoms with E-state index in [1.165, 1.54) is 19.3 Å². The lowest BCUT2D eigenvalue weighted by atomic mass is 9.91. The van der Waals surface area contributed by atoms with Crippen LogP contribution in [-0.4, -0.2) is 9.36 Å². The molecule has 2 rings (SSSR count). The largest absolute Gasteiger partial charge is 0.393 e. The number of rotatable bonds is 1. The van der Waals surface area contributed by atoms with E-state index in [4.69, 9.17) is 5.73 Å². The molecule has 0 saturated heterocycles. The molecule has 0 spiro atoms. The summed E-state index contributed by atoms with van der Waals surface area (Å²) >= 11 is 0. The Morgan fingerprint density at radius 3 is 2.17 bits per heavy atom. The van der Waals surface area contributed by atoms with E-state index in [2.05, 4.69) is 20.8 Å². The molecule has 0 amide bonds. The van der Waals surface area contributed by atoms with Gasteiger partial charge in [0.15, 0.2) is 0 Å². The second-order valence-electron chi connectivity index (χ2n) is 6.48. The van der Waals surface area contributed by atoms with Gasteiger partial charge in [-0.15, -0.1) is 0 Å². The van der Waals surface area contributed by atoms with Gasteiger partial charge >= 0.3 is 0 Å². The monoisotopic (exact) mass is 251 g/mol. The van der Waals surface area contributed by atoms with Gasteiger partial charge in [-0.25, -0.2) is 4.68 Å². The van der Waals surface area contributed by atoms with Crippen LogP contribution in [0.3, 0.4) is 0 Å². The van der Waals surface area contributed by atoms with Crippen LogP contribution in [0, 0.1) is 0 Å². The maximum absolute atomic E-state index is 12.4. The van der Waals surface area contributed by atoms with E-state index >= 15 is 0 Å².